The van der Waals surface area contributed by atoms with Crippen molar-refractivity contribution in [2.75, 3.05) is 0 Å². The molecule has 0 fully saturated rings. The summed E-state index contributed by atoms with van der Waals surface area (Å²) >= 11 is 0. The summed E-state index contributed by atoms with van der Waals surface area (Å²) in [5.74, 6) is -0.0596. The summed E-state index contributed by atoms with van der Waals surface area (Å²) in [6, 6.07) is 3.74. The molecule has 0 unspecified atom stereocenters. The van der Waals surface area contributed by atoms with Gasteiger partial charge in [0, 0.05) is 18.3 Å². The molecular formula is C13H22N2O. The molecule has 0 saturated carbocycles. The van der Waals surface area contributed by atoms with Crippen LogP contribution >= 0.6 is 0 Å². The van der Waals surface area contributed by atoms with Crippen LogP contribution in [0.1, 0.15) is 56.6 Å². The molecule has 0 spiro atoms. The van der Waals surface area contributed by atoms with Crippen molar-refractivity contribution in [3.8, 4) is 0 Å². The van der Waals surface area contributed by atoms with E-state index >= 15 is 0 Å². The van der Waals surface area contributed by atoms with E-state index in [0.717, 1.165) is 5.56 Å². The van der Waals surface area contributed by atoms with Crippen LogP contribution in [0.25, 0.3) is 0 Å². The molecule has 3 heteroatoms. The lowest BCUT2D eigenvalue weighted by atomic mass is 10.2. The Morgan fingerprint density at radius 3 is 2.44 bits per heavy atom. The number of aromatic nitrogens is 1. The number of carbonyl (C=O) groups excluding carboxylic acids is 1. The van der Waals surface area contributed by atoms with E-state index in [9.17, 15) is 4.79 Å². The number of amides is 1. The maximum atomic E-state index is 10.9. The average Bonchev–Trinajstić information content (AvgIpc) is 2.75. The number of pyridine rings is 1. The second kappa shape index (κ2) is 8.89. The standard InChI is InChI=1S/C7H6N2O.C4H10.C2H6/c10-7-6-5(4-9-7)2-1-3-8-6;1-3-4-2;1-2/h1-3H,4H2,(H,9,10);3-4H2,1-2H3;1-2H3. The molecule has 90 valence electrons. The zero-order valence-corrected chi connectivity index (χ0v) is 10.7. The van der Waals surface area contributed by atoms with E-state index in [2.05, 4.69) is 24.1 Å². The number of unbranched alkanes of at least 4 members (excludes halogenated alkanes) is 1. The van der Waals surface area contributed by atoms with Crippen LogP contribution in [0.3, 0.4) is 0 Å². The van der Waals surface area contributed by atoms with E-state index in [0.29, 0.717) is 12.2 Å². The van der Waals surface area contributed by atoms with Crippen molar-refractivity contribution in [1.29, 1.82) is 0 Å². The Bertz CT molecular complexity index is 309. The fraction of sp³-hybridized carbons (Fsp3) is 0.538. The molecule has 1 aromatic heterocycles. The molecular weight excluding hydrogens is 200 g/mol. The van der Waals surface area contributed by atoms with Gasteiger partial charge in [-0.2, -0.15) is 0 Å². The van der Waals surface area contributed by atoms with Gasteiger partial charge in [0.2, 0.25) is 0 Å². The largest absolute Gasteiger partial charge is 0.347 e. The van der Waals surface area contributed by atoms with Gasteiger partial charge in [0.05, 0.1) is 0 Å². The van der Waals surface area contributed by atoms with Crippen molar-refractivity contribution in [1.82, 2.24) is 10.3 Å². The fourth-order valence-electron chi connectivity index (χ4n) is 1.04. The molecule has 2 rings (SSSR count). The molecule has 16 heavy (non-hydrogen) atoms. The molecule has 2 heterocycles. The number of fused-ring (bicyclic) bond motifs is 1. The first-order chi connectivity index (χ1) is 7.79. The van der Waals surface area contributed by atoms with Crippen LogP contribution in [0.2, 0.25) is 0 Å². The first-order valence-corrected chi connectivity index (χ1v) is 6.01. The molecule has 1 aliphatic rings. The van der Waals surface area contributed by atoms with E-state index in [-0.39, 0.29) is 5.91 Å². The summed E-state index contributed by atoms with van der Waals surface area (Å²) in [6.07, 6.45) is 4.27. The van der Waals surface area contributed by atoms with Crippen molar-refractivity contribution in [3.05, 3.63) is 29.6 Å². The lowest BCUT2D eigenvalue weighted by molar-refractivity contribution is 0.0961. The van der Waals surface area contributed by atoms with Gasteiger partial charge in [-0.05, 0) is 6.07 Å². The number of nitrogens with one attached hydrogen (secondary N) is 1. The van der Waals surface area contributed by atoms with E-state index in [1.807, 2.05) is 26.0 Å². The highest BCUT2D eigenvalue weighted by atomic mass is 16.2. The van der Waals surface area contributed by atoms with Crippen molar-refractivity contribution in [2.24, 2.45) is 0 Å². The van der Waals surface area contributed by atoms with Gasteiger partial charge < -0.3 is 5.32 Å². The molecule has 0 bridgehead atoms. The fourth-order valence-corrected chi connectivity index (χ4v) is 1.04. The number of carbonyl (C=O) groups is 1. The van der Waals surface area contributed by atoms with Crippen molar-refractivity contribution < 1.29 is 4.79 Å². The molecule has 1 N–H and O–H groups in total. The Hall–Kier alpha value is -1.38. The number of nitrogens with zero attached hydrogens (tertiary/aromatic N) is 1. The van der Waals surface area contributed by atoms with Crippen LogP contribution < -0.4 is 5.32 Å². The van der Waals surface area contributed by atoms with E-state index < -0.39 is 0 Å². The molecule has 1 aliphatic heterocycles. The minimum absolute atomic E-state index is 0.0596. The molecule has 1 amide bonds. The zero-order chi connectivity index (χ0) is 12.4. The third kappa shape index (κ3) is 4.43. The third-order valence-electron chi connectivity index (χ3n) is 2.05. The van der Waals surface area contributed by atoms with Crippen LogP contribution in [-0.4, -0.2) is 10.9 Å². The molecule has 1 aromatic rings. The minimum atomic E-state index is -0.0596. The molecule has 3 nitrogen and oxygen atoms in total. The number of hydrogen-bond donors (Lipinski definition) is 1. The maximum Gasteiger partial charge on any atom is 0.270 e. The Kier molecular flexibility index (Phi) is 8.12. The molecule has 0 aliphatic carbocycles. The van der Waals surface area contributed by atoms with Crippen molar-refractivity contribution in [3.63, 3.8) is 0 Å². The Morgan fingerprint density at radius 2 is 1.94 bits per heavy atom. The number of rotatable bonds is 1. The Balaban J connectivity index is 0.000000323. The van der Waals surface area contributed by atoms with Gasteiger partial charge >= 0.3 is 0 Å². The summed E-state index contributed by atoms with van der Waals surface area (Å²) in [5, 5.41) is 2.68. The number of hydrogen-bond acceptors (Lipinski definition) is 2. The molecule has 0 aromatic carbocycles. The second-order valence-corrected chi connectivity index (χ2v) is 3.19. The molecule has 0 saturated heterocycles. The maximum absolute atomic E-state index is 10.9. The average molecular weight is 222 g/mol. The summed E-state index contributed by atoms with van der Waals surface area (Å²) < 4.78 is 0. The first kappa shape index (κ1) is 14.6. The topological polar surface area (TPSA) is 42.0 Å². The van der Waals surface area contributed by atoms with Crippen LogP contribution in [0, 0.1) is 0 Å². The lowest BCUT2D eigenvalue weighted by Gasteiger charge is -1.88. The first-order valence-electron chi connectivity index (χ1n) is 6.01. The predicted octanol–water partition coefficient (Wildman–Crippen LogP) is 3.16. The van der Waals surface area contributed by atoms with Gasteiger partial charge in [-0.25, -0.2) is 0 Å². The Labute approximate surface area is 98.3 Å². The van der Waals surface area contributed by atoms with E-state index in [1.54, 1.807) is 6.20 Å². The van der Waals surface area contributed by atoms with Crippen LogP contribution in [0.5, 0.6) is 0 Å². The summed E-state index contributed by atoms with van der Waals surface area (Å²) in [4.78, 5) is 14.8. The Morgan fingerprint density at radius 1 is 1.31 bits per heavy atom. The van der Waals surface area contributed by atoms with Crippen LogP contribution in [0.4, 0.5) is 0 Å². The zero-order valence-electron chi connectivity index (χ0n) is 10.7. The summed E-state index contributed by atoms with van der Waals surface area (Å²) in [6.45, 7) is 8.99. The second-order valence-electron chi connectivity index (χ2n) is 3.19. The van der Waals surface area contributed by atoms with Gasteiger partial charge in [-0.15, -0.1) is 0 Å². The van der Waals surface area contributed by atoms with Gasteiger partial charge in [0.15, 0.2) is 0 Å². The highest BCUT2D eigenvalue weighted by Gasteiger charge is 2.18. The lowest BCUT2D eigenvalue weighted by Crippen LogP contribution is -2.13. The highest BCUT2D eigenvalue weighted by molar-refractivity contribution is 5.96. The van der Waals surface area contributed by atoms with Gasteiger partial charge in [0.1, 0.15) is 5.69 Å². The summed E-state index contributed by atoms with van der Waals surface area (Å²) in [7, 11) is 0. The predicted molar refractivity (Wildman–Crippen MR) is 67.3 cm³/mol. The monoisotopic (exact) mass is 222 g/mol. The molecule has 0 radical (unpaired) electrons. The van der Waals surface area contributed by atoms with Crippen molar-refractivity contribution in [2.45, 2.75) is 47.1 Å². The summed E-state index contributed by atoms with van der Waals surface area (Å²) in [5.41, 5.74) is 1.56. The van der Waals surface area contributed by atoms with Crippen LogP contribution in [-0.2, 0) is 6.54 Å². The quantitative estimate of drug-likeness (QED) is 0.793. The van der Waals surface area contributed by atoms with Gasteiger partial charge in [-0.1, -0.05) is 46.6 Å². The smallest absolute Gasteiger partial charge is 0.270 e. The van der Waals surface area contributed by atoms with Gasteiger partial charge in [-0.3, -0.25) is 9.78 Å². The third-order valence-corrected chi connectivity index (χ3v) is 2.05. The normalized spacial score (nSPS) is 11.4. The minimum Gasteiger partial charge on any atom is -0.347 e. The van der Waals surface area contributed by atoms with E-state index in [4.69, 9.17) is 0 Å². The van der Waals surface area contributed by atoms with Crippen LogP contribution in [0.15, 0.2) is 18.3 Å². The van der Waals surface area contributed by atoms with Crippen molar-refractivity contribution >= 4 is 5.91 Å². The highest BCUT2D eigenvalue weighted by Crippen LogP contribution is 2.10. The van der Waals surface area contributed by atoms with E-state index in [1.165, 1.54) is 12.8 Å². The SMILES string of the molecule is CC.CCCC.O=C1NCc2cccnc21. The van der Waals surface area contributed by atoms with Gasteiger partial charge in [0.25, 0.3) is 5.91 Å². The molecule has 0 atom stereocenters.